The first-order valence-electron chi connectivity index (χ1n) is 8.06. The fourth-order valence-corrected chi connectivity index (χ4v) is 3.00. The van der Waals surface area contributed by atoms with Gasteiger partial charge in [-0.05, 0) is 45.0 Å². The fraction of sp³-hybridized carbons (Fsp3) is 0.444. The predicted molar refractivity (Wildman–Crippen MR) is 89.9 cm³/mol. The molecule has 2 aromatic rings. The summed E-state index contributed by atoms with van der Waals surface area (Å²) in [6.07, 6.45) is 1.83. The summed E-state index contributed by atoms with van der Waals surface area (Å²) in [7, 11) is 0. The zero-order valence-corrected chi connectivity index (χ0v) is 13.8. The third-order valence-corrected chi connectivity index (χ3v) is 4.44. The highest BCUT2D eigenvalue weighted by Gasteiger charge is 2.26. The second-order valence-corrected chi connectivity index (χ2v) is 5.79. The van der Waals surface area contributed by atoms with Gasteiger partial charge in [0.15, 0.2) is 0 Å². The van der Waals surface area contributed by atoms with Crippen molar-refractivity contribution in [1.29, 1.82) is 0 Å². The number of ether oxygens (including phenoxy) is 2. The van der Waals surface area contributed by atoms with Gasteiger partial charge in [-0.3, -0.25) is 4.98 Å². The third kappa shape index (κ3) is 3.01. The first-order chi connectivity index (χ1) is 11.1. The van der Waals surface area contributed by atoms with Crippen LogP contribution in [-0.2, 0) is 9.47 Å². The maximum Gasteiger partial charge on any atom is 0.338 e. The molecule has 1 aromatic carbocycles. The lowest BCUT2D eigenvalue weighted by molar-refractivity contribution is 0.0284. The molecule has 1 saturated heterocycles. The second-order valence-electron chi connectivity index (χ2n) is 5.79. The number of carbonyl (C=O) groups excluding carboxylic acids is 1. The van der Waals surface area contributed by atoms with Gasteiger partial charge in [0.1, 0.15) is 0 Å². The molecule has 122 valence electrons. The minimum atomic E-state index is -0.305. The van der Waals surface area contributed by atoms with Crippen LogP contribution in [0.3, 0.4) is 0 Å². The molecular formula is C18H22N2O3. The van der Waals surface area contributed by atoms with Crippen molar-refractivity contribution in [2.24, 2.45) is 0 Å². The Balaban J connectivity index is 2.03. The van der Waals surface area contributed by atoms with E-state index in [2.05, 4.69) is 29.8 Å². The Kier molecular flexibility index (Phi) is 4.48. The maximum absolute atomic E-state index is 12.2. The molecule has 1 aromatic heterocycles. The van der Waals surface area contributed by atoms with Gasteiger partial charge in [-0.2, -0.15) is 0 Å². The molecule has 0 spiro atoms. The van der Waals surface area contributed by atoms with Crippen LogP contribution in [0.15, 0.2) is 30.5 Å². The van der Waals surface area contributed by atoms with Gasteiger partial charge in [-0.15, -0.1) is 0 Å². The Morgan fingerprint density at radius 1 is 1.39 bits per heavy atom. The maximum atomic E-state index is 12.2. The van der Waals surface area contributed by atoms with Crippen molar-refractivity contribution >= 4 is 22.6 Å². The average molecular weight is 314 g/mol. The van der Waals surface area contributed by atoms with Gasteiger partial charge in [-0.25, -0.2) is 4.79 Å². The van der Waals surface area contributed by atoms with E-state index in [4.69, 9.17) is 9.47 Å². The van der Waals surface area contributed by atoms with Gasteiger partial charge in [0.25, 0.3) is 0 Å². The number of fused-ring (bicyclic) bond motifs is 1. The molecule has 23 heavy (non-hydrogen) atoms. The lowest BCUT2D eigenvalue weighted by atomic mass is 10.1. The van der Waals surface area contributed by atoms with Crippen LogP contribution in [0.1, 0.15) is 31.1 Å². The van der Waals surface area contributed by atoms with Crippen LogP contribution in [0.4, 0.5) is 5.69 Å². The molecule has 1 aliphatic rings. The quantitative estimate of drug-likeness (QED) is 0.815. The summed E-state index contributed by atoms with van der Waals surface area (Å²) in [5.41, 5.74) is 2.44. The van der Waals surface area contributed by atoms with Crippen molar-refractivity contribution in [2.75, 3.05) is 24.7 Å². The molecule has 0 saturated carbocycles. The number of benzene rings is 1. The summed E-state index contributed by atoms with van der Waals surface area (Å²) in [5.74, 6) is -0.305. The van der Waals surface area contributed by atoms with Gasteiger partial charge in [-0.1, -0.05) is 0 Å². The van der Waals surface area contributed by atoms with Gasteiger partial charge < -0.3 is 14.4 Å². The summed E-state index contributed by atoms with van der Waals surface area (Å²) >= 11 is 0. The summed E-state index contributed by atoms with van der Waals surface area (Å²) in [4.78, 5) is 18.8. The number of carbonyl (C=O) groups is 1. The minimum absolute atomic E-state index is 0.179. The summed E-state index contributed by atoms with van der Waals surface area (Å²) in [5, 5.41) is 0.829. The summed E-state index contributed by atoms with van der Waals surface area (Å²) in [6, 6.07) is 8.04. The Morgan fingerprint density at radius 2 is 2.22 bits per heavy atom. The van der Waals surface area contributed by atoms with Crippen LogP contribution in [-0.4, -0.2) is 42.9 Å². The highest BCUT2D eigenvalue weighted by Crippen LogP contribution is 2.28. The van der Waals surface area contributed by atoms with E-state index in [0.717, 1.165) is 23.1 Å². The zero-order valence-electron chi connectivity index (χ0n) is 13.8. The number of esters is 1. The normalized spacial score (nSPS) is 21.4. The molecule has 0 bridgehead atoms. The SMILES string of the molecule is CCOC(=O)c1ccnc2ccc(N3CCOC(C)[C@H]3C)cc12. The van der Waals surface area contributed by atoms with Crippen molar-refractivity contribution in [1.82, 2.24) is 4.98 Å². The van der Waals surface area contributed by atoms with Crippen molar-refractivity contribution < 1.29 is 14.3 Å². The van der Waals surface area contributed by atoms with Crippen LogP contribution in [0.5, 0.6) is 0 Å². The van der Waals surface area contributed by atoms with E-state index in [1.165, 1.54) is 0 Å². The highest BCUT2D eigenvalue weighted by atomic mass is 16.5. The molecule has 0 N–H and O–H groups in total. The number of hydrogen-bond donors (Lipinski definition) is 0. The van der Waals surface area contributed by atoms with E-state index in [-0.39, 0.29) is 18.1 Å². The van der Waals surface area contributed by atoms with Gasteiger partial charge >= 0.3 is 5.97 Å². The largest absolute Gasteiger partial charge is 0.462 e. The molecule has 1 unspecified atom stereocenters. The molecule has 1 aliphatic heterocycles. The van der Waals surface area contributed by atoms with E-state index in [0.29, 0.717) is 18.8 Å². The molecule has 5 nitrogen and oxygen atoms in total. The van der Waals surface area contributed by atoms with Crippen LogP contribution in [0.2, 0.25) is 0 Å². The van der Waals surface area contributed by atoms with Gasteiger partial charge in [0.2, 0.25) is 0 Å². The van der Waals surface area contributed by atoms with E-state index in [1.54, 1.807) is 12.3 Å². The van der Waals surface area contributed by atoms with Crippen molar-refractivity contribution in [3.8, 4) is 0 Å². The van der Waals surface area contributed by atoms with E-state index >= 15 is 0 Å². The summed E-state index contributed by atoms with van der Waals surface area (Å²) < 4.78 is 10.9. The van der Waals surface area contributed by atoms with Crippen LogP contribution in [0.25, 0.3) is 10.9 Å². The number of anilines is 1. The van der Waals surface area contributed by atoms with Gasteiger partial charge in [0.05, 0.1) is 36.4 Å². The van der Waals surface area contributed by atoms with E-state index < -0.39 is 0 Å². The molecule has 2 atom stereocenters. The van der Waals surface area contributed by atoms with Crippen molar-refractivity contribution in [3.05, 3.63) is 36.0 Å². The van der Waals surface area contributed by atoms with E-state index in [1.807, 2.05) is 19.1 Å². The van der Waals surface area contributed by atoms with Crippen molar-refractivity contribution in [3.63, 3.8) is 0 Å². The number of morpholine rings is 1. The molecule has 5 heteroatoms. The number of rotatable bonds is 3. The lowest BCUT2D eigenvalue weighted by Gasteiger charge is -2.39. The first-order valence-corrected chi connectivity index (χ1v) is 8.06. The number of aromatic nitrogens is 1. The monoisotopic (exact) mass is 314 g/mol. The fourth-order valence-electron chi connectivity index (χ4n) is 3.00. The summed E-state index contributed by atoms with van der Waals surface area (Å²) in [6.45, 7) is 7.96. The van der Waals surface area contributed by atoms with E-state index in [9.17, 15) is 4.79 Å². The lowest BCUT2D eigenvalue weighted by Crippen LogP contribution is -2.48. The molecule has 0 aliphatic carbocycles. The Hall–Kier alpha value is -2.14. The smallest absolute Gasteiger partial charge is 0.338 e. The van der Waals surface area contributed by atoms with Crippen LogP contribution >= 0.6 is 0 Å². The predicted octanol–water partition coefficient (Wildman–Crippen LogP) is 3.03. The molecular weight excluding hydrogens is 292 g/mol. The third-order valence-electron chi connectivity index (χ3n) is 4.44. The average Bonchev–Trinajstić information content (AvgIpc) is 2.56. The first kappa shape index (κ1) is 15.7. The molecule has 0 amide bonds. The van der Waals surface area contributed by atoms with Crippen LogP contribution in [0, 0.1) is 0 Å². The number of nitrogens with zero attached hydrogens (tertiary/aromatic N) is 2. The van der Waals surface area contributed by atoms with Crippen LogP contribution < -0.4 is 4.90 Å². The Bertz CT molecular complexity index is 716. The Labute approximate surface area is 136 Å². The highest BCUT2D eigenvalue weighted by molar-refractivity contribution is 6.04. The Morgan fingerprint density at radius 3 is 3.00 bits per heavy atom. The topological polar surface area (TPSA) is 51.7 Å². The minimum Gasteiger partial charge on any atom is -0.462 e. The number of pyridine rings is 1. The standard InChI is InChI=1S/C18H22N2O3/c1-4-22-18(21)15-7-8-19-17-6-5-14(11-16(15)17)20-9-10-23-13(3)12(20)2/h5-8,11-13H,4,9-10H2,1-3H3/t12-,13?/m1/s1. The zero-order chi connectivity index (χ0) is 16.4. The molecule has 0 radical (unpaired) electrons. The van der Waals surface area contributed by atoms with Gasteiger partial charge in [0, 0.05) is 23.8 Å². The van der Waals surface area contributed by atoms with Crippen molar-refractivity contribution in [2.45, 2.75) is 32.9 Å². The molecule has 1 fully saturated rings. The molecule has 2 heterocycles. The molecule has 3 rings (SSSR count). The number of hydrogen-bond acceptors (Lipinski definition) is 5. The second kappa shape index (κ2) is 6.54.